The lowest BCUT2D eigenvalue weighted by atomic mass is 9.89. The molecule has 2 heterocycles. The minimum Gasteiger partial charge on any atom is -0.274 e. The van der Waals surface area contributed by atoms with Crippen molar-refractivity contribution >= 4 is 27.1 Å². The van der Waals surface area contributed by atoms with Crippen molar-refractivity contribution in [1.29, 1.82) is 0 Å². The number of aromatic nitrogens is 1. The van der Waals surface area contributed by atoms with E-state index < -0.39 is 0 Å². The highest BCUT2D eigenvalue weighted by Gasteiger charge is 2.23. The Labute approximate surface area is 221 Å². The second-order valence-electron chi connectivity index (χ2n) is 9.73. The van der Waals surface area contributed by atoms with Gasteiger partial charge in [-0.05, 0) is 39.9 Å². The van der Waals surface area contributed by atoms with Crippen molar-refractivity contribution in [2.45, 2.75) is 6.92 Å². The molecule has 2 nitrogen and oxygen atoms in total. The summed E-state index contributed by atoms with van der Waals surface area (Å²) < 4.78 is 1.98. The Hall–Kier alpha value is -4.95. The summed E-state index contributed by atoms with van der Waals surface area (Å²) >= 11 is 0. The Morgan fingerprint density at radius 3 is 1.61 bits per heavy atom. The molecule has 180 valence electrons. The molecule has 0 aliphatic rings. The molecular formula is C36H25NO. The van der Waals surface area contributed by atoms with Crippen molar-refractivity contribution in [2.75, 3.05) is 0 Å². The number of aryl methyl sites for hydroxylation is 1. The molecule has 5 aromatic carbocycles. The maximum Gasteiger partial charge on any atom is 0.263 e. The zero-order chi connectivity index (χ0) is 25.6. The lowest BCUT2D eigenvalue weighted by Gasteiger charge is -2.23. The lowest BCUT2D eigenvalue weighted by molar-refractivity contribution is 1.13. The Morgan fingerprint density at radius 1 is 0.474 bits per heavy atom. The molecule has 0 saturated carbocycles. The first-order chi connectivity index (χ1) is 18.7. The third-order valence-electron chi connectivity index (χ3n) is 7.50. The Morgan fingerprint density at radius 2 is 0.974 bits per heavy atom. The number of fused-ring (bicyclic) bond motifs is 4. The summed E-state index contributed by atoms with van der Waals surface area (Å²) in [6.45, 7) is 2.03. The smallest absolute Gasteiger partial charge is 0.263 e. The van der Waals surface area contributed by atoms with Crippen molar-refractivity contribution < 1.29 is 0 Å². The first-order valence-corrected chi connectivity index (χ1v) is 12.9. The molecule has 0 unspecified atom stereocenters. The molecule has 0 aliphatic heterocycles. The topological polar surface area (TPSA) is 21.5 Å². The molecule has 0 amide bonds. The summed E-state index contributed by atoms with van der Waals surface area (Å²) in [4.78, 5) is 14.7. The van der Waals surface area contributed by atoms with Crippen LogP contribution in [0.5, 0.6) is 0 Å². The van der Waals surface area contributed by atoms with Crippen molar-refractivity contribution in [3.63, 3.8) is 0 Å². The van der Waals surface area contributed by atoms with Gasteiger partial charge in [-0.2, -0.15) is 0 Å². The number of pyridine rings is 2. The Balaban J connectivity index is 1.87. The Bertz CT molecular complexity index is 2020. The molecule has 0 bridgehead atoms. The van der Waals surface area contributed by atoms with Gasteiger partial charge < -0.3 is 0 Å². The maximum absolute atomic E-state index is 14.7. The minimum absolute atomic E-state index is 0.00886. The van der Waals surface area contributed by atoms with Gasteiger partial charge in [0.05, 0.1) is 16.6 Å². The second-order valence-corrected chi connectivity index (χ2v) is 9.73. The van der Waals surface area contributed by atoms with Crippen LogP contribution in [0.4, 0.5) is 0 Å². The summed E-state index contributed by atoms with van der Waals surface area (Å²) in [7, 11) is 0. The molecule has 0 radical (unpaired) electrons. The van der Waals surface area contributed by atoms with E-state index in [1.54, 1.807) is 0 Å². The van der Waals surface area contributed by atoms with Crippen molar-refractivity contribution in [1.82, 2.24) is 4.40 Å². The summed E-state index contributed by atoms with van der Waals surface area (Å²) in [6, 6.07) is 45.9. The van der Waals surface area contributed by atoms with E-state index in [4.69, 9.17) is 0 Å². The molecule has 0 fully saturated rings. The van der Waals surface area contributed by atoms with Gasteiger partial charge in [0, 0.05) is 16.5 Å². The van der Waals surface area contributed by atoms with Crippen LogP contribution < -0.4 is 5.56 Å². The molecule has 0 aliphatic carbocycles. The number of hydrogen-bond donors (Lipinski definition) is 0. The van der Waals surface area contributed by atoms with Crippen molar-refractivity contribution in [3.05, 3.63) is 149 Å². The third-order valence-corrected chi connectivity index (χ3v) is 7.50. The van der Waals surface area contributed by atoms with Gasteiger partial charge in [-0.1, -0.05) is 133 Å². The fourth-order valence-corrected chi connectivity index (χ4v) is 5.89. The number of benzene rings is 5. The van der Waals surface area contributed by atoms with Gasteiger partial charge >= 0.3 is 0 Å². The number of rotatable bonds is 3. The van der Waals surface area contributed by atoms with Crippen LogP contribution in [0.25, 0.3) is 60.6 Å². The van der Waals surface area contributed by atoms with E-state index in [-0.39, 0.29) is 5.56 Å². The predicted octanol–water partition coefficient (Wildman–Crippen LogP) is 8.92. The zero-order valence-electron chi connectivity index (χ0n) is 21.1. The van der Waals surface area contributed by atoms with E-state index in [0.717, 1.165) is 66.1 Å². The summed E-state index contributed by atoms with van der Waals surface area (Å²) in [6.07, 6.45) is 0. The standard InChI is InChI=1S/C36H25NO/c1-24-14-13-23-30-31(24)36(38)37-34(27-19-9-4-10-20-27)32(25-15-5-2-6-16-25)28-21-11-12-22-29(28)35(37)33(30)26-17-7-3-8-18-26/h2-23H,1H3. The van der Waals surface area contributed by atoms with Gasteiger partial charge in [0.1, 0.15) is 0 Å². The van der Waals surface area contributed by atoms with Crippen molar-refractivity contribution in [3.8, 4) is 33.5 Å². The third kappa shape index (κ3) is 3.31. The van der Waals surface area contributed by atoms with Crippen LogP contribution in [-0.2, 0) is 0 Å². The van der Waals surface area contributed by atoms with Gasteiger partial charge in [-0.15, -0.1) is 0 Å². The molecule has 7 aromatic rings. The highest BCUT2D eigenvalue weighted by molar-refractivity contribution is 6.17. The van der Waals surface area contributed by atoms with Crippen LogP contribution in [0.1, 0.15) is 5.56 Å². The van der Waals surface area contributed by atoms with Crippen LogP contribution in [0.3, 0.4) is 0 Å². The quantitative estimate of drug-likeness (QED) is 0.180. The second kappa shape index (κ2) is 8.86. The van der Waals surface area contributed by atoms with Gasteiger partial charge in [0.2, 0.25) is 0 Å². The summed E-state index contributed by atoms with van der Waals surface area (Å²) in [5.41, 5.74) is 8.18. The predicted molar refractivity (Wildman–Crippen MR) is 160 cm³/mol. The van der Waals surface area contributed by atoms with E-state index in [9.17, 15) is 4.79 Å². The molecule has 0 N–H and O–H groups in total. The van der Waals surface area contributed by atoms with E-state index in [2.05, 4.69) is 97.1 Å². The largest absolute Gasteiger partial charge is 0.274 e. The fraction of sp³-hybridized carbons (Fsp3) is 0.0278. The van der Waals surface area contributed by atoms with Crippen LogP contribution in [0.15, 0.2) is 138 Å². The highest BCUT2D eigenvalue weighted by atomic mass is 16.1. The van der Waals surface area contributed by atoms with Gasteiger partial charge in [0.25, 0.3) is 5.56 Å². The number of hydrogen-bond acceptors (Lipinski definition) is 1. The monoisotopic (exact) mass is 487 g/mol. The minimum atomic E-state index is 0.00886. The number of nitrogens with zero attached hydrogens (tertiary/aromatic N) is 1. The maximum atomic E-state index is 14.7. The summed E-state index contributed by atoms with van der Waals surface area (Å²) in [5.74, 6) is 0. The van der Waals surface area contributed by atoms with E-state index in [1.165, 1.54) is 0 Å². The molecule has 0 atom stereocenters. The first-order valence-electron chi connectivity index (χ1n) is 12.9. The molecule has 0 saturated heterocycles. The molecular weight excluding hydrogens is 462 g/mol. The average Bonchev–Trinajstić information content (AvgIpc) is 2.98. The van der Waals surface area contributed by atoms with E-state index in [0.29, 0.717) is 0 Å². The average molecular weight is 488 g/mol. The molecule has 2 heteroatoms. The van der Waals surface area contributed by atoms with Gasteiger partial charge in [-0.25, -0.2) is 0 Å². The first kappa shape index (κ1) is 22.3. The van der Waals surface area contributed by atoms with E-state index in [1.807, 2.05) is 47.7 Å². The van der Waals surface area contributed by atoms with Crippen molar-refractivity contribution in [2.24, 2.45) is 0 Å². The SMILES string of the molecule is Cc1cccc2c(-c3ccccc3)c3c4ccccc4c(-c4ccccc4)c(-c4ccccc4)n3c(=O)c12. The van der Waals surface area contributed by atoms with Gasteiger partial charge in [0.15, 0.2) is 0 Å². The Kier molecular flexibility index (Phi) is 5.19. The van der Waals surface area contributed by atoms with Crippen LogP contribution in [0.2, 0.25) is 0 Å². The highest BCUT2D eigenvalue weighted by Crippen LogP contribution is 2.43. The molecule has 7 rings (SSSR count). The molecule has 0 spiro atoms. The van der Waals surface area contributed by atoms with Crippen LogP contribution >= 0.6 is 0 Å². The van der Waals surface area contributed by atoms with E-state index >= 15 is 0 Å². The van der Waals surface area contributed by atoms with Crippen LogP contribution in [0, 0.1) is 6.92 Å². The lowest BCUT2D eigenvalue weighted by Crippen LogP contribution is -2.19. The normalized spacial score (nSPS) is 11.4. The summed E-state index contributed by atoms with van der Waals surface area (Å²) in [5, 5.41) is 3.93. The fourth-order valence-electron chi connectivity index (χ4n) is 5.89. The van der Waals surface area contributed by atoms with Gasteiger partial charge in [-0.3, -0.25) is 9.20 Å². The van der Waals surface area contributed by atoms with Crippen LogP contribution in [-0.4, -0.2) is 4.40 Å². The molecule has 2 aromatic heterocycles. The molecule has 38 heavy (non-hydrogen) atoms. The zero-order valence-corrected chi connectivity index (χ0v) is 21.1.